The van der Waals surface area contributed by atoms with Crippen LogP contribution in [0.2, 0.25) is 0 Å². The molecule has 72 valence electrons. The topological polar surface area (TPSA) is 59.1 Å². The molecule has 1 aromatic rings. The van der Waals surface area contributed by atoms with Crippen molar-refractivity contribution in [1.29, 1.82) is 0 Å². The average Bonchev–Trinajstić information content (AvgIpc) is 2.08. The van der Waals surface area contributed by atoms with Crippen molar-refractivity contribution in [1.82, 2.24) is 4.98 Å². The van der Waals surface area contributed by atoms with Crippen molar-refractivity contribution in [2.24, 2.45) is 5.73 Å². The second-order valence-electron chi connectivity index (χ2n) is 3.06. The summed E-state index contributed by atoms with van der Waals surface area (Å²) in [4.78, 5) is 4.14. The number of aliphatic hydroxyl groups excluding tert-OH is 1. The van der Waals surface area contributed by atoms with Crippen LogP contribution in [0.15, 0.2) is 22.8 Å². The van der Waals surface area contributed by atoms with E-state index in [1.54, 1.807) is 13.1 Å². The van der Waals surface area contributed by atoms with Crippen LogP contribution < -0.4 is 5.73 Å². The minimum atomic E-state index is -0.536. The van der Waals surface area contributed by atoms with Gasteiger partial charge in [0, 0.05) is 23.1 Å². The lowest BCUT2D eigenvalue weighted by molar-refractivity contribution is 0.150. The first-order valence-electron chi connectivity index (χ1n) is 4.14. The number of aliphatic hydroxyl groups is 1. The summed E-state index contributed by atoms with van der Waals surface area (Å²) in [7, 11) is 0. The molecule has 0 fully saturated rings. The maximum absolute atomic E-state index is 9.52. The summed E-state index contributed by atoms with van der Waals surface area (Å²) in [6, 6.07) is 3.51. The predicted octanol–water partition coefficient (Wildman–Crippen LogP) is 1.09. The lowest BCUT2D eigenvalue weighted by atomic mass is 10.1. The van der Waals surface area contributed by atoms with Crippen molar-refractivity contribution < 1.29 is 5.11 Å². The standard InChI is InChI=1S/C9H13BrN2O/c1-6(11)9(13)5-8-7(10)3-2-4-12-8/h2-4,6,9,13H,5,11H2,1H3. The number of hydrogen-bond acceptors (Lipinski definition) is 3. The second-order valence-corrected chi connectivity index (χ2v) is 3.92. The van der Waals surface area contributed by atoms with Gasteiger partial charge in [0.15, 0.2) is 0 Å². The van der Waals surface area contributed by atoms with E-state index in [0.29, 0.717) is 6.42 Å². The van der Waals surface area contributed by atoms with Crippen LogP contribution in [0.1, 0.15) is 12.6 Å². The number of nitrogens with two attached hydrogens (primary N) is 1. The van der Waals surface area contributed by atoms with Crippen molar-refractivity contribution >= 4 is 15.9 Å². The van der Waals surface area contributed by atoms with Crippen LogP contribution in [0.25, 0.3) is 0 Å². The molecule has 2 atom stereocenters. The van der Waals surface area contributed by atoms with E-state index in [1.807, 2.05) is 12.1 Å². The summed E-state index contributed by atoms with van der Waals surface area (Å²) in [5.41, 5.74) is 6.38. The van der Waals surface area contributed by atoms with Gasteiger partial charge < -0.3 is 10.8 Å². The number of aromatic nitrogens is 1. The molecule has 0 aliphatic heterocycles. The van der Waals surface area contributed by atoms with Gasteiger partial charge in [-0.25, -0.2) is 0 Å². The molecule has 3 nitrogen and oxygen atoms in total. The highest BCUT2D eigenvalue weighted by Crippen LogP contribution is 2.15. The highest BCUT2D eigenvalue weighted by Gasteiger charge is 2.12. The molecule has 0 saturated carbocycles. The van der Waals surface area contributed by atoms with Crippen LogP contribution in [0, 0.1) is 0 Å². The highest BCUT2D eigenvalue weighted by atomic mass is 79.9. The van der Waals surface area contributed by atoms with Gasteiger partial charge >= 0.3 is 0 Å². The monoisotopic (exact) mass is 244 g/mol. The Bertz CT molecular complexity index is 278. The molecule has 0 radical (unpaired) electrons. The van der Waals surface area contributed by atoms with Crippen molar-refractivity contribution in [3.05, 3.63) is 28.5 Å². The molecule has 0 amide bonds. The fraction of sp³-hybridized carbons (Fsp3) is 0.444. The van der Waals surface area contributed by atoms with Gasteiger partial charge in [0.25, 0.3) is 0 Å². The second kappa shape index (κ2) is 4.69. The number of rotatable bonds is 3. The van der Waals surface area contributed by atoms with Gasteiger partial charge in [0.2, 0.25) is 0 Å². The summed E-state index contributed by atoms with van der Waals surface area (Å²) in [6.45, 7) is 1.78. The normalized spacial score (nSPS) is 15.4. The van der Waals surface area contributed by atoms with Crippen molar-refractivity contribution in [2.45, 2.75) is 25.5 Å². The third kappa shape index (κ3) is 3.06. The minimum Gasteiger partial charge on any atom is -0.391 e. The molecular formula is C9H13BrN2O. The zero-order valence-corrected chi connectivity index (χ0v) is 9.03. The number of pyridine rings is 1. The Labute approximate surface area is 86.1 Å². The first kappa shape index (κ1) is 10.6. The zero-order chi connectivity index (χ0) is 9.84. The van der Waals surface area contributed by atoms with E-state index in [4.69, 9.17) is 5.73 Å². The van der Waals surface area contributed by atoms with Crippen LogP contribution in [0.3, 0.4) is 0 Å². The Morgan fingerprint density at radius 2 is 2.38 bits per heavy atom. The number of nitrogens with zero attached hydrogens (tertiary/aromatic N) is 1. The maximum Gasteiger partial charge on any atom is 0.0744 e. The van der Waals surface area contributed by atoms with Crippen LogP contribution >= 0.6 is 15.9 Å². The predicted molar refractivity (Wildman–Crippen MR) is 55.3 cm³/mol. The molecule has 13 heavy (non-hydrogen) atoms. The van der Waals surface area contributed by atoms with Gasteiger partial charge in [0.1, 0.15) is 0 Å². The van der Waals surface area contributed by atoms with E-state index in [2.05, 4.69) is 20.9 Å². The van der Waals surface area contributed by atoms with E-state index in [1.165, 1.54) is 0 Å². The summed E-state index contributed by atoms with van der Waals surface area (Å²) < 4.78 is 0.912. The third-order valence-corrected chi connectivity index (χ3v) is 2.57. The molecule has 0 saturated heterocycles. The zero-order valence-electron chi connectivity index (χ0n) is 7.44. The smallest absolute Gasteiger partial charge is 0.0744 e. The Hall–Kier alpha value is -0.450. The fourth-order valence-electron chi connectivity index (χ4n) is 0.953. The van der Waals surface area contributed by atoms with Crippen molar-refractivity contribution in [2.75, 3.05) is 0 Å². The first-order chi connectivity index (χ1) is 6.11. The van der Waals surface area contributed by atoms with Gasteiger partial charge in [-0.2, -0.15) is 0 Å². The quantitative estimate of drug-likeness (QED) is 0.838. The van der Waals surface area contributed by atoms with E-state index in [9.17, 15) is 5.11 Å². The van der Waals surface area contributed by atoms with Gasteiger partial charge in [0.05, 0.1) is 11.8 Å². The molecule has 0 bridgehead atoms. The minimum absolute atomic E-state index is 0.228. The first-order valence-corrected chi connectivity index (χ1v) is 4.93. The van der Waals surface area contributed by atoms with E-state index in [0.717, 1.165) is 10.2 Å². The number of hydrogen-bond donors (Lipinski definition) is 2. The van der Waals surface area contributed by atoms with Crippen molar-refractivity contribution in [3.8, 4) is 0 Å². The lowest BCUT2D eigenvalue weighted by Crippen LogP contribution is -2.33. The molecule has 0 aliphatic rings. The summed E-state index contributed by atoms with van der Waals surface area (Å²) in [5.74, 6) is 0. The molecular weight excluding hydrogens is 232 g/mol. The van der Waals surface area contributed by atoms with Crippen molar-refractivity contribution in [3.63, 3.8) is 0 Å². The fourth-order valence-corrected chi connectivity index (χ4v) is 1.37. The summed E-state index contributed by atoms with van der Waals surface area (Å²) >= 11 is 3.36. The Kier molecular flexibility index (Phi) is 3.84. The molecule has 1 heterocycles. The van der Waals surface area contributed by atoms with Crippen LogP contribution in [0.4, 0.5) is 0 Å². The van der Waals surface area contributed by atoms with Gasteiger partial charge in [-0.05, 0) is 35.0 Å². The van der Waals surface area contributed by atoms with Gasteiger partial charge in [-0.15, -0.1) is 0 Å². The third-order valence-electron chi connectivity index (χ3n) is 1.84. The summed E-state index contributed by atoms with van der Waals surface area (Å²) in [6.07, 6.45) is 1.65. The van der Waals surface area contributed by atoms with E-state index >= 15 is 0 Å². The largest absolute Gasteiger partial charge is 0.391 e. The SMILES string of the molecule is CC(N)C(O)Cc1ncccc1Br. The van der Waals surface area contributed by atoms with Gasteiger partial charge in [-0.3, -0.25) is 4.98 Å². The summed E-state index contributed by atoms with van der Waals surface area (Å²) in [5, 5.41) is 9.52. The Balaban J connectivity index is 2.69. The van der Waals surface area contributed by atoms with E-state index < -0.39 is 6.10 Å². The Morgan fingerprint density at radius 3 is 2.92 bits per heavy atom. The van der Waals surface area contributed by atoms with Gasteiger partial charge in [-0.1, -0.05) is 0 Å². The highest BCUT2D eigenvalue weighted by molar-refractivity contribution is 9.10. The van der Waals surface area contributed by atoms with E-state index in [-0.39, 0.29) is 6.04 Å². The van der Waals surface area contributed by atoms with Crippen LogP contribution in [0.5, 0.6) is 0 Å². The Morgan fingerprint density at radius 1 is 1.69 bits per heavy atom. The molecule has 0 spiro atoms. The molecule has 2 unspecified atom stereocenters. The van der Waals surface area contributed by atoms with Crippen LogP contribution in [-0.4, -0.2) is 22.2 Å². The number of halogens is 1. The molecule has 0 aliphatic carbocycles. The maximum atomic E-state index is 9.52. The average molecular weight is 245 g/mol. The molecule has 0 aromatic carbocycles. The lowest BCUT2D eigenvalue weighted by Gasteiger charge is -2.14. The molecule has 3 N–H and O–H groups in total. The van der Waals surface area contributed by atoms with Crippen LogP contribution in [-0.2, 0) is 6.42 Å². The molecule has 4 heteroatoms. The molecule has 1 aromatic heterocycles. The molecule has 1 rings (SSSR count).